The Balaban J connectivity index is 0.000000421. The molecule has 0 aliphatic heterocycles. The molecule has 6 heteroatoms. The summed E-state index contributed by atoms with van der Waals surface area (Å²) in [5.41, 5.74) is 2.55. The van der Waals surface area contributed by atoms with Gasteiger partial charge in [0.2, 0.25) is 0 Å². The number of rotatable bonds is 1. The van der Waals surface area contributed by atoms with Gasteiger partial charge in [-0.1, -0.05) is 60.7 Å². The Bertz CT molecular complexity index is 438. The van der Waals surface area contributed by atoms with E-state index in [9.17, 15) is 0 Å². The maximum absolute atomic E-state index is 8.88. The van der Waals surface area contributed by atoms with Gasteiger partial charge in [-0.05, 0) is 11.1 Å². The van der Waals surface area contributed by atoms with Crippen molar-refractivity contribution in [1.82, 2.24) is 0 Å². The van der Waals surface area contributed by atoms with Crippen molar-refractivity contribution in [3.8, 4) is 11.1 Å². The summed E-state index contributed by atoms with van der Waals surface area (Å²) in [6.07, 6.45) is 0. The Morgan fingerprint density at radius 2 is 0.889 bits per heavy atom. The van der Waals surface area contributed by atoms with Crippen LogP contribution < -0.4 is 0 Å². The number of hydrogen-bond donors (Lipinski definition) is 3. The summed E-state index contributed by atoms with van der Waals surface area (Å²) in [4.78, 5) is 21.6. The van der Waals surface area contributed by atoms with Crippen LogP contribution in [0.15, 0.2) is 60.7 Å². The van der Waals surface area contributed by atoms with Gasteiger partial charge in [-0.2, -0.15) is 0 Å². The summed E-state index contributed by atoms with van der Waals surface area (Å²) in [6, 6.07) is 20.8. The van der Waals surface area contributed by atoms with Crippen molar-refractivity contribution in [1.29, 1.82) is 0 Å². The topological polar surface area (TPSA) is 77.8 Å². The SMILES string of the molecule is O=P(O)(O)O.[NaH].c1ccc(-c2ccccc2)cc1. The van der Waals surface area contributed by atoms with E-state index in [-0.39, 0.29) is 29.6 Å². The molecule has 0 amide bonds. The van der Waals surface area contributed by atoms with Crippen molar-refractivity contribution < 1.29 is 19.2 Å². The largest absolute Gasteiger partial charge is 0.0622 e. The third kappa shape index (κ3) is 8.61. The normalized spacial score (nSPS) is 9.72. The van der Waals surface area contributed by atoms with Gasteiger partial charge in [-0.25, -0.2) is 4.57 Å². The van der Waals surface area contributed by atoms with Crippen molar-refractivity contribution in [3.05, 3.63) is 60.7 Å². The zero-order valence-electron chi connectivity index (χ0n) is 8.97. The average molecular weight is 276 g/mol. The summed E-state index contributed by atoms with van der Waals surface area (Å²) in [5.74, 6) is 0. The molecule has 0 aliphatic carbocycles. The van der Waals surface area contributed by atoms with Crippen molar-refractivity contribution in [3.63, 3.8) is 0 Å². The van der Waals surface area contributed by atoms with Crippen LogP contribution in [-0.4, -0.2) is 44.2 Å². The Labute approximate surface area is 128 Å². The smallest absolute Gasteiger partial charge is 0.0184 e. The van der Waals surface area contributed by atoms with E-state index in [1.807, 2.05) is 12.1 Å². The Kier molecular flexibility index (Phi) is 8.40. The van der Waals surface area contributed by atoms with E-state index in [2.05, 4.69) is 48.5 Å². The van der Waals surface area contributed by atoms with Crippen molar-refractivity contribution >= 4 is 37.4 Å². The second-order valence-corrected chi connectivity index (χ2v) is 4.27. The molecule has 2 rings (SSSR count). The fourth-order valence-corrected chi connectivity index (χ4v) is 1.26. The predicted molar refractivity (Wildman–Crippen MR) is 73.3 cm³/mol. The van der Waals surface area contributed by atoms with Crippen LogP contribution >= 0.6 is 7.82 Å². The van der Waals surface area contributed by atoms with Crippen molar-refractivity contribution in [2.45, 2.75) is 0 Å². The van der Waals surface area contributed by atoms with Gasteiger partial charge in [-0.15, -0.1) is 0 Å². The van der Waals surface area contributed by atoms with Gasteiger partial charge < -0.3 is 14.7 Å². The molecule has 3 N–H and O–H groups in total. The first-order valence-corrected chi connectivity index (χ1v) is 6.42. The second kappa shape index (κ2) is 8.62. The first-order chi connectivity index (χ1) is 7.97. The van der Waals surface area contributed by atoms with Crippen molar-refractivity contribution in [2.75, 3.05) is 0 Å². The standard InChI is InChI=1S/C12H10.Na.H3O4P.H/c1-3-7-11(8-4-1)12-9-5-2-6-10-12;;1-5(2,3)4;/h1-10H;;(H3,1,2,3,4);. The van der Waals surface area contributed by atoms with E-state index in [4.69, 9.17) is 19.2 Å². The Morgan fingerprint density at radius 1 is 0.667 bits per heavy atom. The second-order valence-electron chi connectivity index (χ2n) is 3.25. The van der Waals surface area contributed by atoms with Gasteiger partial charge in [0.05, 0.1) is 0 Å². The van der Waals surface area contributed by atoms with E-state index in [0.29, 0.717) is 0 Å². The number of hydrogen-bond acceptors (Lipinski definition) is 1. The van der Waals surface area contributed by atoms with Crippen LogP contribution in [0.5, 0.6) is 0 Å². The molecule has 0 atom stereocenters. The van der Waals surface area contributed by atoms with Crippen LogP contribution in [0.4, 0.5) is 0 Å². The van der Waals surface area contributed by atoms with Gasteiger partial charge in [0.1, 0.15) is 0 Å². The maximum Gasteiger partial charge on any atom is -0.0184 e. The molecule has 0 aliphatic rings. The van der Waals surface area contributed by atoms with Crippen LogP contribution in [0.25, 0.3) is 11.1 Å². The monoisotopic (exact) mass is 276 g/mol. The third-order valence-electron chi connectivity index (χ3n) is 1.88. The quantitative estimate of drug-likeness (QED) is 0.548. The Morgan fingerprint density at radius 3 is 1.11 bits per heavy atom. The minimum Gasteiger partial charge on any atom is -0.0622 e. The van der Waals surface area contributed by atoms with Crippen LogP contribution in [0.2, 0.25) is 0 Å². The fraction of sp³-hybridized carbons (Fsp3) is 0. The summed E-state index contributed by atoms with van der Waals surface area (Å²) in [6.45, 7) is 0. The molecule has 0 saturated carbocycles. The minimum absolute atomic E-state index is 0. The number of phosphoric acid groups is 1. The first kappa shape index (κ1) is 17.6. The van der Waals surface area contributed by atoms with E-state index in [1.165, 1.54) is 11.1 Å². The molecule has 2 aromatic carbocycles. The molecular weight excluding hydrogens is 262 g/mol. The molecular formula is C12H14NaO4P. The van der Waals surface area contributed by atoms with E-state index in [0.717, 1.165) is 0 Å². The van der Waals surface area contributed by atoms with E-state index < -0.39 is 7.82 Å². The molecule has 0 fully saturated rings. The predicted octanol–water partition coefficient (Wildman–Crippen LogP) is 1.78. The van der Waals surface area contributed by atoms with Gasteiger partial charge >= 0.3 is 37.4 Å². The third-order valence-corrected chi connectivity index (χ3v) is 1.88. The molecule has 0 heterocycles. The van der Waals surface area contributed by atoms with Crippen LogP contribution in [0.1, 0.15) is 0 Å². The average Bonchev–Trinajstić information content (AvgIpc) is 2.29. The van der Waals surface area contributed by atoms with Gasteiger partial charge in [-0.3, -0.25) is 0 Å². The molecule has 2 aromatic rings. The van der Waals surface area contributed by atoms with Gasteiger partial charge in [0, 0.05) is 0 Å². The summed E-state index contributed by atoms with van der Waals surface area (Å²) in [5, 5.41) is 0. The molecule has 92 valence electrons. The van der Waals surface area contributed by atoms with Crippen LogP contribution in [0.3, 0.4) is 0 Å². The van der Waals surface area contributed by atoms with E-state index >= 15 is 0 Å². The van der Waals surface area contributed by atoms with Crippen LogP contribution in [-0.2, 0) is 4.57 Å². The van der Waals surface area contributed by atoms with Crippen LogP contribution in [0, 0.1) is 0 Å². The van der Waals surface area contributed by atoms with Gasteiger partial charge in [0.15, 0.2) is 0 Å². The molecule has 0 unspecified atom stereocenters. The molecule has 4 nitrogen and oxygen atoms in total. The zero-order chi connectivity index (χ0) is 12.7. The number of benzene rings is 2. The summed E-state index contributed by atoms with van der Waals surface area (Å²) < 4.78 is 8.88. The molecule has 0 spiro atoms. The van der Waals surface area contributed by atoms with Gasteiger partial charge in [0.25, 0.3) is 0 Å². The first-order valence-electron chi connectivity index (χ1n) is 4.85. The maximum atomic E-state index is 8.88. The molecule has 0 aromatic heterocycles. The molecule has 0 saturated heterocycles. The Hall–Kier alpha value is -0.450. The van der Waals surface area contributed by atoms with Crippen molar-refractivity contribution in [2.24, 2.45) is 0 Å². The molecule has 18 heavy (non-hydrogen) atoms. The molecule has 0 bridgehead atoms. The summed E-state index contributed by atoms with van der Waals surface area (Å²) >= 11 is 0. The van der Waals surface area contributed by atoms with E-state index in [1.54, 1.807) is 0 Å². The fourth-order valence-electron chi connectivity index (χ4n) is 1.26. The minimum atomic E-state index is -4.64. The summed E-state index contributed by atoms with van der Waals surface area (Å²) in [7, 11) is -4.64. The zero-order valence-corrected chi connectivity index (χ0v) is 9.87. The molecule has 0 radical (unpaired) electrons.